The summed E-state index contributed by atoms with van der Waals surface area (Å²) in [6.45, 7) is 5.68. The molecule has 0 aliphatic carbocycles. The number of rotatable bonds is 24. The number of ether oxygens (including phenoxy) is 4. The number of carbonyl (C=O) groups excluding carboxylic acids is 2. The lowest BCUT2D eigenvalue weighted by atomic mass is 10.1. The van der Waals surface area contributed by atoms with Crippen LogP contribution in [0.25, 0.3) is 0 Å². The number of unbranched alkanes of at least 4 members (excludes halogenated alkanes) is 10. The quantitative estimate of drug-likeness (QED) is 0.0265. The number of esters is 2. The summed E-state index contributed by atoms with van der Waals surface area (Å²) < 4.78 is 22.9. The van der Waals surface area contributed by atoms with Gasteiger partial charge in [-0.05, 0) is 96.8 Å². The molecule has 5 rings (SSSR count). The Kier molecular flexibility index (Phi) is 19.7. The van der Waals surface area contributed by atoms with Crippen LogP contribution in [0.3, 0.4) is 0 Å². The third-order valence-corrected chi connectivity index (χ3v) is 10.7. The maximum Gasteiger partial charge on any atom is 0.343 e. The number of carbonyl (C=O) groups is 2. The summed E-state index contributed by atoms with van der Waals surface area (Å²) in [5.74, 6) is 0.102. The van der Waals surface area contributed by atoms with E-state index in [2.05, 4.69) is 23.8 Å². The molecule has 0 radical (unpaired) electrons. The maximum atomic E-state index is 13.1. The van der Waals surface area contributed by atoms with Crippen molar-refractivity contribution in [2.45, 2.75) is 90.9 Å². The van der Waals surface area contributed by atoms with Crippen LogP contribution in [0.5, 0.6) is 23.0 Å². The number of hydrogen-bond donors (Lipinski definition) is 0. The first-order valence-electron chi connectivity index (χ1n) is 21.1. The van der Waals surface area contributed by atoms with E-state index in [0.717, 1.165) is 36.8 Å². The van der Waals surface area contributed by atoms with Crippen molar-refractivity contribution in [1.82, 2.24) is 0 Å². The molecule has 0 aliphatic heterocycles. The number of nitrogens with zero attached hydrogens (tertiary/aromatic N) is 2. The first kappa shape index (κ1) is 46.9. The molecule has 0 fully saturated rings. The Morgan fingerprint density at radius 3 is 1.28 bits per heavy atom. The van der Waals surface area contributed by atoms with Crippen molar-refractivity contribution in [1.29, 1.82) is 0 Å². The Hall–Kier alpha value is -5.15. The van der Waals surface area contributed by atoms with Gasteiger partial charge in [0.1, 0.15) is 16.5 Å². The molecule has 8 nitrogen and oxygen atoms in total. The van der Waals surface area contributed by atoms with Crippen LogP contribution in [0.2, 0.25) is 15.1 Å². The van der Waals surface area contributed by atoms with Gasteiger partial charge in [-0.3, -0.25) is 9.98 Å². The van der Waals surface area contributed by atoms with Crippen LogP contribution in [0.4, 0.5) is 11.4 Å². The van der Waals surface area contributed by atoms with Gasteiger partial charge in [0.05, 0.1) is 45.8 Å². The van der Waals surface area contributed by atoms with E-state index in [9.17, 15) is 9.59 Å². The smallest absolute Gasteiger partial charge is 0.343 e. The first-order chi connectivity index (χ1) is 29.7. The predicted octanol–water partition coefficient (Wildman–Crippen LogP) is 15.1. The summed E-state index contributed by atoms with van der Waals surface area (Å²) >= 11 is 19.5. The largest absolute Gasteiger partial charge is 0.492 e. The molecule has 0 aliphatic rings. The lowest BCUT2D eigenvalue weighted by Crippen LogP contribution is -2.11. The molecule has 0 aromatic heterocycles. The molecule has 5 aromatic carbocycles. The number of halogens is 3. The molecule has 0 amide bonds. The van der Waals surface area contributed by atoms with E-state index in [1.807, 2.05) is 24.3 Å². The highest BCUT2D eigenvalue weighted by Gasteiger charge is 2.17. The average molecular weight is 884 g/mol. The van der Waals surface area contributed by atoms with Gasteiger partial charge >= 0.3 is 11.9 Å². The van der Waals surface area contributed by atoms with Gasteiger partial charge in [-0.1, -0.05) is 143 Å². The Morgan fingerprint density at radius 1 is 0.492 bits per heavy atom. The van der Waals surface area contributed by atoms with Gasteiger partial charge in [-0.25, -0.2) is 9.59 Å². The predicted molar refractivity (Wildman–Crippen MR) is 249 cm³/mol. The molecule has 0 unspecified atom stereocenters. The molecule has 0 atom stereocenters. The molecule has 11 heteroatoms. The summed E-state index contributed by atoms with van der Waals surface area (Å²) in [6, 6.07) is 29.0. The zero-order valence-electron chi connectivity index (χ0n) is 34.8. The Balaban J connectivity index is 1.08. The minimum atomic E-state index is -0.635. The second-order valence-electron chi connectivity index (χ2n) is 14.6. The standard InChI is InChI=1S/C50H53Cl3N2O6/c1-3-5-7-9-11-13-30-58-44-28-26-40(32-42(44)51)54-34-36-18-22-38(23-19-36)49(56)60-46-16-15-17-47(48(46)53)61-50(57)39-24-20-37(21-25-39)35-55-41-27-29-45(43(52)33-41)59-31-14-12-10-8-6-4-2/h15-29,32-35H,3-14,30-31H2,1-2H3. The topological polar surface area (TPSA) is 95.8 Å². The van der Waals surface area contributed by atoms with Gasteiger partial charge in [0.2, 0.25) is 0 Å². The van der Waals surface area contributed by atoms with Crippen molar-refractivity contribution in [2.75, 3.05) is 13.2 Å². The molecular weight excluding hydrogens is 831 g/mol. The molecule has 0 spiro atoms. The fraction of sp³-hybridized carbons (Fsp3) is 0.320. The average Bonchev–Trinajstić information content (AvgIpc) is 3.27. The minimum absolute atomic E-state index is 0.0216. The van der Waals surface area contributed by atoms with Crippen molar-refractivity contribution >= 4 is 70.5 Å². The normalized spacial score (nSPS) is 11.3. The van der Waals surface area contributed by atoms with E-state index in [1.165, 1.54) is 63.5 Å². The van der Waals surface area contributed by atoms with Gasteiger partial charge in [-0.15, -0.1) is 0 Å². The molecule has 0 saturated heterocycles. The second-order valence-corrected chi connectivity index (χ2v) is 15.8. The van der Waals surface area contributed by atoms with Crippen molar-refractivity contribution in [3.8, 4) is 23.0 Å². The summed E-state index contributed by atoms with van der Waals surface area (Å²) in [4.78, 5) is 35.1. The van der Waals surface area contributed by atoms with Crippen molar-refractivity contribution in [3.63, 3.8) is 0 Å². The summed E-state index contributed by atoms with van der Waals surface area (Å²) in [6.07, 6.45) is 17.6. The summed E-state index contributed by atoms with van der Waals surface area (Å²) in [7, 11) is 0. The number of hydrogen-bond acceptors (Lipinski definition) is 8. The van der Waals surface area contributed by atoms with Crippen LogP contribution < -0.4 is 18.9 Å². The van der Waals surface area contributed by atoms with Crippen LogP contribution in [-0.4, -0.2) is 37.6 Å². The Morgan fingerprint density at radius 2 is 0.885 bits per heavy atom. The first-order valence-corrected chi connectivity index (χ1v) is 22.2. The molecule has 0 N–H and O–H groups in total. The molecule has 0 bridgehead atoms. The monoisotopic (exact) mass is 882 g/mol. The van der Waals surface area contributed by atoms with Crippen LogP contribution in [0, 0.1) is 0 Å². The highest BCUT2D eigenvalue weighted by atomic mass is 35.5. The Bertz CT molecular complexity index is 2070. The molecule has 320 valence electrons. The zero-order chi connectivity index (χ0) is 43.2. The highest BCUT2D eigenvalue weighted by molar-refractivity contribution is 6.34. The fourth-order valence-electron chi connectivity index (χ4n) is 6.18. The van der Waals surface area contributed by atoms with Gasteiger partial charge in [0, 0.05) is 12.4 Å². The number of aliphatic imine (C=N–C) groups is 2. The van der Waals surface area contributed by atoms with Gasteiger partial charge in [0.15, 0.2) is 11.5 Å². The van der Waals surface area contributed by atoms with Crippen LogP contribution in [0.1, 0.15) is 123 Å². The van der Waals surface area contributed by atoms with Crippen LogP contribution in [-0.2, 0) is 0 Å². The lowest BCUT2D eigenvalue weighted by Gasteiger charge is -2.11. The minimum Gasteiger partial charge on any atom is -0.492 e. The SMILES string of the molecule is CCCCCCCCOc1ccc(N=Cc2ccc(C(=O)Oc3cccc(OC(=O)c4ccc(C=Nc5ccc(OCCCCCCCC)c(Cl)c5)cc4)c3Cl)cc2)cc1Cl. The van der Waals surface area contributed by atoms with Crippen molar-refractivity contribution in [3.05, 3.63) is 140 Å². The van der Waals surface area contributed by atoms with E-state index < -0.39 is 11.9 Å². The van der Waals surface area contributed by atoms with E-state index in [0.29, 0.717) is 57.3 Å². The highest BCUT2D eigenvalue weighted by Crippen LogP contribution is 2.35. The third kappa shape index (κ3) is 15.7. The van der Waals surface area contributed by atoms with Gasteiger partial charge < -0.3 is 18.9 Å². The van der Waals surface area contributed by atoms with E-state index >= 15 is 0 Å². The van der Waals surface area contributed by atoms with E-state index in [-0.39, 0.29) is 16.5 Å². The van der Waals surface area contributed by atoms with Gasteiger partial charge in [-0.2, -0.15) is 0 Å². The zero-order valence-corrected chi connectivity index (χ0v) is 37.1. The van der Waals surface area contributed by atoms with E-state index in [4.69, 9.17) is 53.8 Å². The molecule has 0 heterocycles. The van der Waals surface area contributed by atoms with Crippen LogP contribution in [0.15, 0.2) is 113 Å². The fourth-order valence-corrected chi connectivity index (χ4v) is 6.84. The van der Waals surface area contributed by atoms with Crippen LogP contribution >= 0.6 is 34.8 Å². The second kappa shape index (κ2) is 25.6. The van der Waals surface area contributed by atoms with Gasteiger partial charge in [0.25, 0.3) is 0 Å². The Labute approximate surface area is 374 Å². The van der Waals surface area contributed by atoms with E-state index in [1.54, 1.807) is 79.2 Å². The van der Waals surface area contributed by atoms with Crippen molar-refractivity contribution < 1.29 is 28.5 Å². The molecule has 0 saturated carbocycles. The summed E-state index contributed by atoms with van der Waals surface area (Å²) in [5, 5.41) is 0.980. The number of benzene rings is 5. The molecule has 5 aromatic rings. The third-order valence-electron chi connectivity index (χ3n) is 9.69. The molecule has 61 heavy (non-hydrogen) atoms. The summed E-state index contributed by atoms with van der Waals surface area (Å²) in [5.41, 5.74) is 3.46. The molecular formula is C50H53Cl3N2O6. The lowest BCUT2D eigenvalue weighted by molar-refractivity contribution is 0.0733. The maximum absolute atomic E-state index is 13.1. The van der Waals surface area contributed by atoms with Crippen molar-refractivity contribution in [2.24, 2.45) is 9.98 Å².